The van der Waals surface area contributed by atoms with Crippen molar-refractivity contribution in [1.29, 1.82) is 5.26 Å². The number of hydrogen-bond acceptors (Lipinski definition) is 5. The maximum atomic E-state index is 12.1. The zero-order chi connectivity index (χ0) is 16.8. The Morgan fingerprint density at radius 1 is 1.29 bits per heavy atom. The molecule has 0 spiro atoms. The molecule has 0 radical (unpaired) electrons. The molecule has 124 valence electrons. The van der Waals surface area contributed by atoms with Gasteiger partial charge in [-0.1, -0.05) is 31.4 Å². The van der Waals surface area contributed by atoms with E-state index >= 15 is 0 Å². The fourth-order valence-corrected chi connectivity index (χ4v) is 3.68. The molecule has 1 saturated carbocycles. The summed E-state index contributed by atoms with van der Waals surface area (Å²) in [5.41, 5.74) is 0.913. The zero-order valence-electron chi connectivity index (χ0n) is 13.3. The van der Waals surface area contributed by atoms with E-state index in [0.29, 0.717) is 21.9 Å². The van der Waals surface area contributed by atoms with E-state index in [2.05, 4.69) is 10.3 Å². The number of thioether (sulfide) groups is 1. The summed E-state index contributed by atoms with van der Waals surface area (Å²) in [4.78, 5) is 17.4. The molecule has 0 unspecified atom stereocenters. The Morgan fingerprint density at radius 2 is 2.04 bits per heavy atom. The Bertz CT molecular complexity index is 698. The third-order valence-electron chi connectivity index (χ3n) is 4.01. The van der Waals surface area contributed by atoms with Crippen LogP contribution >= 0.6 is 11.8 Å². The number of amidine groups is 1. The smallest absolute Gasteiger partial charge is 0.264 e. The number of amides is 1. The Labute approximate surface area is 145 Å². The van der Waals surface area contributed by atoms with Crippen LogP contribution in [-0.2, 0) is 4.79 Å². The molecule has 1 aliphatic heterocycles. The average molecular weight is 341 g/mol. The fourth-order valence-electron chi connectivity index (χ4n) is 2.79. The summed E-state index contributed by atoms with van der Waals surface area (Å²) in [7, 11) is 0. The maximum absolute atomic E-state index is 12.1. The van der Waals surface area contributed by atoms with Gasteiger partial charge < -0.3 is 10.1 Å². The van der Waals surface area contributed by atoms with Crippen LogP contribution in [-0.4, -0.2) is 23.7 Å². The van der Waals surface area contributed by atoms with E-state index in [1.807, 2.05) is 24.3 Å². The predicted molar refractivity (Wildman–Crippen MR) is 95.6 cm³/mol. The van der Waals surface area contributed by atoms with E-state index in [9.17, 15) is 4.79 Å². The Kier molecular flexibility index (Phi) is 5.55. The zero-order valence-corrected chi connectivity index (χ0v) is 14.1. The van der Waals surface area contributed by atoms with Gasteiger partial charge in [-0.2, -0.15) is 5.26 Å². The van der Waals surface area contributed by atoms with Crippen molar-refractivity contribution in [2.45, 2.75) is 38.1 Å². The van der Waals surface area contributed by atoms with E-state index in [1.54, 1.807) is 12.1 Å². The van der Waals surface area contributed by atoms with E-state index < -0.39 is 0 Å². The molecule has 1 aromatic rings. The number of hydrogen-bond donors (Lipinski definition) is 1. The van der Waals surface area contributed by atoms with Crippen LogP contribution in [0.25, 0.3) is 6.08 Å². The van der Waals surface area contributed by atoms with Crippen molar-refractivity contribution < 1.29 is 9.53 Å². The minimum Gasteiger partial charge on any atom is -0.479 e. The summed E-state index contributed by atoms with van der Waals surface area (Å²) in [5, 5.41) is 12.1. The number of nitrogens with zero attached hydrogens (tertiary/aromatic N) is 2. The van der Waals surface area contributed by atoms with Gasteiger partial charge in [-0.15, -0.1) is 0 Å². The SMILES string of the molecule is N#CCOc1ccc(/C=C2\SC(=NC3CCCCC3)NC2=O)cc1. The van der Waals surface area contributed by atoms with Crippen LogP contribution in [0.3, 0.4) is 0 Å². The number of ether oxygens (including phenoxy) is 1. The normalized spacial score (nSPS) is 21.7. The van der Waals surface area contributed by atoms with Crippen molar-refractivity contribution in [2.24, 2.45) is 4.99 Å². The molecule has 2 aliphatic rings. The Morgan fingerprint density at radius 3 is 2.75 bits per heavy atom. The molecule has 1 aromatic carbocycles. The summed E-state index contributed by atoms with van der Waals surface area (Å²) < 4.78 is 5.22. The minimum atomic E-state index is -0.0978. The van der Waals surface area contributed by atoms with Gasteiger partial charge in [-0.25, -0.2) is 0 Å². The highest BCUT2D eigenvalue weighted by atomic mass is 32.2. The molecule has 1 aliphatic carbocycles. The summed E-state index contributed by atoms with van der Waals surface area (Å²) in [6.45, 7) is 0.0275. The Hall–Kier alpha value is -2.26. The molecule has 0 aromatic heterocycles. The number of benzene rings is 1. The molecule has 3 rings (SSSR count). The molecule has 1 N–H and O–H groups in total. The lowest BCUT2D eigenvalue weighted by molar-refractivity contribution is -0.115. The molecular formula is C18H19N3O2S. The van der Waals surface area contributed by atoms with Gasteiger partial charge in [-0.05, 0) is 48.4 Å². The first-order valence-corrected chi connectivity index (χ1v) is 8.95. The number of carbonyl (C=O) groups excluding carboxylic acids is 1. The lowest BCUT2D eigenvalue weighted by Gasteiger charge is -2.17. The first kappa shape index (κ1) is 16.6. The van der Waals surface area contributed by atoms with Crippen molar-refractivity contribution in [3.8, 4) is 11.8 Å². The standard InChI is InChI=1S/C18H19N3O2S/c19-10-11-23-15-8-6-13(7-9-15)12-16-17(22)21-18(24-16)20-14-4-2-1-3-5-14/h6-9,12,14H,1-5,11H2,(H,20,21,22)/b16-12-. The van der Waals surface area contributed by atoms with Gasteiger partial charge in [0.25, 0.3) is 5.91 Å². The lowest BCUT2D eigenvalue weighted by Crippen LogP contribution is -2.22. The van der Waals surface area contributed by atoms with E-state index in [4.69, 9.17) is 10.00 Å². The summed E-state index contributed by atoms with van der Waals surface area (Å²) in [6, 6.07) is 9.58. The molecule has 0 atom stereocenters. The van der Waals surface area contributed by atoms with Crippen molar-refractivity contribution in [1.82, 2.24) is 5.32 Å². The third-order valence-corrected chi connectivity index (χ3v) is 4.93. The number of nitrogens with one attached hydrogen (secondary N) is 1. The quantitative estimate of drug-likeness (QED) is 0.851. The van der Waals surface area contributed by atoms with Crippen molar-refractivity contribution in [2.75, 3.05) is 6.61 Å². The van der Waals surface area contributed by atoms with Crippen LogP contribution in [0.5, 0.6) is 5.75 Å². The highest BCUT2D eigenvalue weighted by molar-refractivity contribution is 8.18. The number of rotatable bonds is 4. The fraction of sp³-hybridized carbons (Fsp3) is 0.389. The number of aliphatic imine (C=N–C) groups is 1. The predicted octanol–water partition coefficient (Wildman–Crippen LogP) is 3.48. The minimum absolute atomic E-state index is 0.0275. The molecule has 2 fully saturated rings. The third kappa shape index (κ3) is 4.39. The van der Waals surface area contributed by atoms with Crippen LogP contribution in [0.2, 0.25) is 0 Å². The van der Waals surface area contributed by atoms with Gasteiger partial charge in [-0.3, -0.25) is 9.79 Å². The second-order valence-corrected chi connectivity index (χ2v) is 6.84. The van der Waals surface area contributed by atoms with Crippen LogP contribution in [0.1, 0.15) is 37.7 Å². The molecular weight excluding hydrogens is 322 g/mol. The van der Waals surface area contributed by atoms with Crippen LogP contribution in [0, 0.1) is 11.3 Å². The highest BCUT2D eigenvalue weighted by Gasteiger charge is 2.25. The summed E-state index contributed by atoms with van der Waals surface area (Å²) in [5.74, 6) is 0.543. The van der Waals surface area contributed by atoms with Crippen molar-refractivity contribution in [3.05, 3.63) is 34.7 Å². The lowest BCUT2D eigenvalue weighted by atomic mass is 9.96. The Balaban J connectivity index is 1.66. The van der Waals surface area contributed by atoms with Gasteiger partial charge in [0, 0.05) is 0 Å². The largest absolute Gasteiger partial charge is 0.479 e. The van der Waals surface area contributed by atoms with E-state index in [1.165, 1.54) is 31.0 Å². The second-order valence-electron chi connectivity index (χ2n) is 5.81. The van der Waals surface area contributed by atoms with Crippen LogP contribution in [0.15, 0.2) is 34.2 Å². The van der Waals surface area contributed by atoms with Gasteiger partial charge in [0.1, 0.15) is 11.8 Å². The number of carbonyl (C=O) groups is 1. The molecule has 1 amide bonds. The van der Waals surface area contributed by atoms with Gasteiger partial charge in [0.15, 0.2) is 11.8 Å². The highest BCUT2D eigenvalue weighted by Crippen LogP contribution is 2.29. The van der Waals surface area contributed by atoms with Crippen molar-refractivity contribution >= 4 is 28.9 Å². The molecule has 6 heteroatoms. The maximum Gasteiger partial charge on any atom is 0.264 e. The molecule has 1 saturated heterocycles. The summed E-state index contributed by atoms with van der Waals surface area (Å²) in [6.07, 6.45) is 7.82. The van der Waals surface area contributed by atoms with Crippen LogP contribution < -0.4 is 10.1 Å². The second kappa shape index (κ2) is 8.02. The van der Waals surface area contributed by atoms with Gasteiger partial charge in [0.05, 0.1) is 10.9 Å². The van der Waals surface area contributed by atoms with Crippen molar-refractivity contribution in [3.63, 3.8) is 0 Å². The molecule has 0 bridgehead atoms. The first-order chi connectivity index (χ1) is 11.7. The summed E-state index contributed by atoms with van der Waals surface area (Å²) >= 11 is 1.40. The molecule has 5 nitrogen and oxygen atoms in total. The monoisotopic (exact) mass is 341 g/mol. The van der Waals surface area contributed by atoms with Crippen LogP contribution in [0.4, 0.5) is 0 Å². The van der Waals surface area contributed by atoms with Gasteiger partial charge >= 0.3 is 0 Å². The van der Waals surface area contributed by atoms with E-state index in [0.717, 1.165) is 18.4 Å². The topological polar surface area (TPSA) is 74.5 Å². The first-order valence-electron chi connectivity index (χ1n) is 8.13. The van der Waals surface area contributed by atoms with E-state index in [-0.39, 0.29) is 12.5 Å². The average Bonchev–Trinajstić information content (AvgIpc) is 2.94. The number of nitriles is 1. The van der Waals surface area contributed by atoms with Gasteiger partial charge in [0.2, 0.25) is 0 Å². The molecule has 24 heavy (non-hydrogen) atoms. The molecule has 1 heterocycles.